The normalized spacial score (nSPS) is 13.2. The van der Waals surface area contributed by atoms with E-state index in [0.29, 0.717) is 0 Å². The van der Waals surface area contributed by atoms with Gasteiger partial charge in [-0.15, -0.1) is 0 Å². The highest BCUT2D eigenvalue weighted by Gasteiger charge is 2.51. The third kappa shape index (κ3) is 4.94. The molecule has 2 nitrogen and oxygen atoms in total. The Kier molecular flexibility index (Phi) is 7.46. The van der Waals surface area contributed by atoms with Gasteiger partial charge < -0.3 is 9.32 Å². The van der Waals surface area contributed by atoms with E-state index in [1.807, 2.05) is 6.07 Å². The lowest BCUT2D eigenvalue weighted by Crippen LogP contribution is -2.26. The molecular formula is C65H39NO. The first-order valence-electron chi connectivity index (χ1n) is 23.2. The summed E-state index contributed by atoms with van der Waals surface area (Å²) in [7, 11) is 0. The summed E-state index contributed by atoms with van der Waals surface area (Å²) in [5, 5.41) is 12.3. The highest BCUT2D eigenvalue weighted by molar-refractivity contribution is 6.26. The Labute approximate surface area is 387 Å². The number of nitrogens with zero attached hydrogens (tertiary/aromatic N) is 1. The lowest BCUT2D eigenvalue weighted by molar-refractivity contribution is 0.669. The molecule has 0 saturated carbocycles. The Hall–Kier alpha value is -8.72. The fourth-order valence-electron chi connectivity index (χ4n) is 12.3. The van der Waals surface area contributed by atoms with Crippen LogP contribution in [0.1, 0.15) is 22.3 Å². The largest absolute Gasteiger partial charge is 0.456 e. The third-order valence-electron chi connectivity index (χ3n) is 15.0. The Morgan fingerprint density at radius 3 is 1.34 bits per heavy atom. The average molecular weight is 850 g/mol. The SMILES string of the molecule is c1ccc2c(c1)-c1ccccc1C21c2ccccc2-c2ccc(N(c3ccc(-c4cc5oc6ccccc6c5c5ccccc45)cc3)c3ccc4c5ccccc5c5ccccc5c4c3)cc21. The van der Waals surface area contributed by atoms with Crippen molar-refractivity contribution in [1.82, 2.24) is 0 Å². The van der Waals surface area contributed by atoms with Gasteiger partial charge >= 0.3 is 0 Å². The van der Waals surface area contributed by atoms with Gasteiger partial charge in [-0.1, -0.05) is 188 Å². The predicted molar refractivity (Wildman–Crippen MR) is 280 cm³/mol. The van der Waals surface area contributed by atoms with Crippen molar-refractivity contribution in [2.45, 2.75) is 5.41 Å². The zero-order valence-corrected chi connectivity index (χ0v) is 36.4. The summed E-state index contributed by atoms with van der Waals surface area (Å²) in [6.07, 6.45) is 0. The van der Waals surface area contributed by atoms with Crippen LogP contribution in [0.25, 0.3) is 98.4 Å². The van der Waals surface area contributed by atoms with Crippen molar-refractivity contribution in [2.75, 3.05) is 4.90 Å². The third-order valence-corrected chi connectivity index (χ3v) is 15.0. The van der Waals surface area contributed by atoms with E-state index in [2.05, 4.69) is 235 Å². The van der Waals surface area contributed by atoms with Crippen LogP contribution in [-0.4, -0.2) is 0 Å². The van der Waals surface area contributed by atoms with Crippen LogP contribution in [0.2, 0.25) is 0 Å². The van der Waals surface area contributed by atoms with Gasteiger partial charge in [0.05, 0.1) is 5.41 Å². The minimum atomic E-state index is -0.459. The molecule has 0 saturated heterocycles. The Morgan fingerprint density at radius 2 is 0.716 bits per heavy atom. The number of para-hydroxylation sites is 1. The molecule has 1 spiro atoms. The summed E-state index contributed by atoms with van der Waals surface area (Å²) in [6, 6.07) is 87.7. The van der Waals surface area contributed by atoms with E-state index in [1.54, 1.807) is 0 Å². The van der Waals surface area contributed by atoms with Gasteiger partial charge in [-0.2, -0.15) is 0 Å². The molecule has 15 rings (SSSR count). The quantitative estimate of drug-likeness (QED) is 0.164. The lowest BCUT2D eigenvalue weighted by Gasteiger charge is -2.32. The van der Waals surface area contributed by atoms with Gasteiger partial charge in [0.1, 0.15) is 11.2 Å². The van der Waals surface area contributed by atoms with Crippen LogP contribution in [0.4, 0.5) is 17.1 Å². The summed E-state index contributed by atoms with van der Waals surface area (Å²) in [6.45, 7) is 0. The van der Waals surface area contributed by atoms with E-state index in [9.17, 15) is 0 Å². The molecule has 0 unspecified atom stereocenters. The van der Waals surface area contributed by atoms with Gasteiger partial charge in [-0.05, 0) is 147 Å². The number of rotatable bonds is 4. The van der Waals surface area contributed by atoms with Crippen molar-refractivity contribution < 1.29 is 4.42 Å². The van der Waals surface area contributed by atoms with Crippen LogP contribution in [0.15, 0.2) is 241 Å². The maximum absolute atomic E-state index is 6.53. The molecule has 13 aromatic rings. The smallest absolute Gasteiger partial charge is 0.136 e. The minimum absolute atomic E-state index is 0.459. The highest BCUT2D eigenvalue weighted by Crippen LogP contribution is 2.63. The predicted octanol–water partition coefficient (Wildman–Crippen LogP) is 17.7. The molecule has 0 N–H and O–H groups in total. The van der Waals surface area contributed by atoms with Gasteiger partial charge in [0.2, 0.25) is 0 Å². The van der Waals surface area contributed by atoms with Crippen molar-refractivity contribution in [3.63, 3.8) is 0 Å². The monoisotopic (exact) mass is 849 g/mol. The van der Waals surface area contributed by atoms with E-state index in [1.165, 1.54) is 93.0 Å². The first kappa shape index (κ1) is 36.6. The molecular weight excluding hydrogens is 811 g/mol. The standard InChI is InChI=1S/C65H39NO/c1-2-17-46-44(15-1)45-16-3-4-18-47(45)57-37-42(33-35-49(46)57)66(41-31-29-40(30-32-41)56-39-63-64(54-23-6-5-19-48(54)56)55-24-10-14-28-62(55)67-63)43-34-36-53-52-22-9-13-27-60(52)65(61(53)38-43)58-25-11-7-20-50(58)51-21-8-12-26-59(51)65/h1-39H. The van der Waals surface area contributed by atoms with Crippen molar-refractivity contribution in [3.8, 4) is 33.4 Å². The molecule has 0 atom stereocenters. The first-order chi connectivity index (χ1) is 33.2. The highest BCUT2D eigenvalue weighted by atomic mass is 16.3. The Bertz CT molecular complexity index is 4130. The zero-order chi connectivity index (χ0) is 43.8. The first-order valence-corrected chi connectivity index (χ1v) is 23.2. The molecule has 0 aliphatic heterocycles. The second kappa shape index (κ2) is 13.7. The maximum atomic E-state index is 6.53. The fourth-order valence-corrected chi connectivity index (χ4v) is 12.3. The van der Waals surface area contributed by atoms with Gasteiger partial charge in [0.25, 0.3) is 0 Å². The summed E-state index contributed by atoms with van der Waals surface area (Å²) >= 11 is 0. The van der Waals surface area contributed by atoms with E-state index in [0.717, 1.165) is 44.7 Å². The summed E-state index contributed by atoms with van der Waals surface area (Å²) in [5.41, 5.74) is 17.5. The van der Waals surface area contributed by atoms with E-state index in [-0.39, 0.29) is 0 Å². The average Bonchev–Trinajstić information content (AvgIpc) is 4.03. The van der Waals surface area contributed by atoms with E-state index < -0.39 is 5.41 Å². The van der Waals surface area contributed by atoms with Gasteiger partial charge in [0.15, 0.2) is 0 Å². The van der Waals surface area contributed by atoms with E-state index in [4.69, 9.17) is 4.42 Å². The molecule has 67 heavy (non-hydrogen) atoms. The van der Waals surface area contributed by atoms with E-state index >= 15 is 0 Å². The molecule has 12 aromatic carbocycles. The molecule has 2 heteroatoms. The summed E-state index contributed by atoms with van der Waals surface area (Å²) in [5.74, 6) is 0. The second-order valence-corrected chi connectivity index (χ2v) is 18.3. The van der Waals surface area contributed by atoms with Crippen LogP contribution in [0, 0.1) is 0 Å². The van der Waals surface area contributed by atoms with Crippen molar-refractivity contribution in [2.24, 2.45) is 0 Å². The molecule has 0 radical (unpaired) electrons. The Balaban J connectivity index is 0.973. The van der Waals surface area contributed by atoms with Gasteiger partial charge in [-0.25, -0.2) is 0 Å². The molecule has 310 valence electrons. The van der Waals surface area contributed by atoms with Crippen LogP contribution < -0.4 is 4.90 Å². The Morgan fingerprint density at radius 1 is 0.269 bits per heavy atom. The molecule has 2 aliphatic rings. The molecule has 0 amide bonds. The molecule has 1 aromatic heterocycles. The number of hydrogen-bond donors (Lipinski definition) is 0. The maximum Gasteiger partial charge on any atom is 0.136 e. The minimum Gasteiger partial charge on any atom is -0.456 e. The zero-order valence-electron chi connectivity index (χ0n) is 36.4. The van der Waals surface area contributed by atoms with Crippen LogP contribution in [-0.2, 0) is 5.41 Å². The number of furan rings is 1. The van der Waals surface area contributed by atoms with Crippen LogP contribution in [0.5, 0.6) is 0 Å². The summed E-state index contributed by atoms with van der Waals surface area (Å²) < 4.78 is 6.53. The van der Waals surface area contributed by atoms with Crippen molar-refractivity contribution >= 4 is 82.1 Å². The number of fused-ring (bicyclic) bond motifs is 21. The lowest BCUT2D eigenvalue weighted by atomic mass is 9.70. The van der Waals surface area contributed by atoms with Crippen molar-refractivity contribution in [1.29, 1.82) is 0 Å². The number of anilines is 3. The van der Waals surface area contributed by atoms with Crippen LogP contribution >= 0.6 is 0 Å². The van der Waals surface area contributed by atoms with Crippen LogP contribution in [0.3, 0.4) is 0 Å². The van der Waals surface area contributed by atoms with Gasteiger partial charge in [-0.3, -0.25) is 0 Å². The molecule has 2 aliphatic carbocycles. The molecule has 1 heterocycles. The fraction of sp³-hybridized carbons (Fsp3) is 0.0154. The second-order valence-electron chi connectivity index (χ2n) is 18.3. The number of benzene rings is 12. The van der Waals surface area contributed by atoms with Gasteiger partial charge in [0, 0.05) is 27.8 Å². The summed E-state index contributed by atoms with van der Waals surface area (Å²) in [4.78, 5) is 2.47. The number of hydrogen-bond acceptors (Lipinski definition) is 2. The molecule has 0 fully saturated rings. The topological polar surface area (TPSA) is 16.4 Å². The molecule has 0 bridgehead atoms. The van der Waals surface area contributed by atoms with Crippen molar-refractivity contribution in [3.05, 3.63) is 259 Å².